The van der Waals surface area contributed by atoms with Gasteiger partial charge in [-0.2, -0.15) is 0 Å². The minimum atomic E-state index is 0.836. The minimum Gasteiger partial charge on any atom is -0.497 e. The van der Waals surface area contributed by atoms with Crippen molar-refractivity contribution in [1.82, 2.24) is 9.97 Å². The topological polar surface area (TPSA) is 47.1 Å². The smallest absolute Gasteiger partial charge is 0.142 e. The molecule has 0 atom stereocenters. The van der Waals surface area contributed by atoms with Crippen LogP contribution in [0.1, 0.15) is 0 Å². The Morgan fingerprint density at radius 2 is 1.64 bits per heavy atom. The van der Waals surface area contributed by atoms with Crippen molar-refractivity contribution in [2.75, 3.05) is 14.2 Å². The fourth-order valence-corrected chi connectivity index (χ4v) is 3.06. The van der Waals surface area contributed by atoms with Gasteiger partial charge in [-0.1, -0.05) is 24.3 Å². The Morgan fingerprint density at radius 3 is 2.40 bits per heavy atom. The zero-order chi connectivity index (χ0) is 17.2. The monoisotopic (exact) mass is 330 g/mol. The largest absolute Gasteiger partial charge is 0.497 e. The fraction of sp³-hybridized carbons (Fsp3) is 0.0952. The molecule has 0 fully saturated rings. The molecule has 0 spiro atoms. The lowest BCUT2D eigenvalue weighted by Gasteiger charge is -2.06. The first-order chi connectivity index (χ1) is 12.3. The Balaban J connectivity index is 1.79. The van der Waals surface area contributed by atoms with E-state index in [0.29, 0.717) is 0 Å². The van der Waals surface area contributed by atoms with Crippen LogP contribution in [0, 0.1) is 0 Å². The van der Waals surface area contributed by atoms with Crippen LogP contribution in [0.25, 0.3) is 33.2 Å². The molecule has 1 N–H and O–H groups in total. The number of ether oxygens (including phenoxy) is 2. The number of aromatic nitrogens is 2. The van der Waals surface area contributed by atoms with Crippen LogP contribution in [0.2, 0.25) is 0 Å². The molecule has 2 heterocycles. The number of hydrogen-bond donors (Lipinski definition) is 1. The summed E-state index contributed by atoms with van der Waals surface area (Å²) in [4.78, 5) is 7.74. The van der Waals surface area contributed by atoms with Gasteiger partial charge in [0.2, 0.25) is 0 Å². The van der Waals surface area contributed by atoms with Crippen molar-refractivity contribution in [1.29, 1.82) is 0 Å². The number of para-hydroxylation sites is 1. The Bertz CT molecular complexity index is 1020. The molecule has 0 saturated heterocycles. The number of benzene rings is 2. The summed E-state index contributed by atoms with van der Waals surface area (Å²) in [5.74, 6) is 1.68. The first kappa shape index (κ1) is 15.3. The second kappa shape index (κ2) is 6.32. The van der Waals surface area contributed by atoms with E-state index in [-0.39, 0.29) is 0 Å². The summed E-state index contributed by atoms with van der Waals surface area (Å²) < 4.78 is 10.7. The molecule has 4 rings (SSSR count). The maximum Gasteiger partial charge on any atom is 0.142 e. The standard InChI is InChI=1S/C21H18N2O2/c1-24-17-8-6-14(7-9-17)15-10-16(12-22-11-15)19-13-23-21-18(19)4-3-5-20(21)25-2/h3-13,23H,1-2H3. The van der Waals surface area contributed by atoms with E-state index in [2.05, 4.69) is 22.1 Å². The van der Waals surface area contributed by atoms with Crippen LogP contribution in [-0.4, -0.2) is 24.2 Å². The van der Waals surface area contributed by atoms with Crippen molar-refractivity contribution in [3.8, 4) is 33.8 Å². The second-order valence-corrected chi connectivity index (χ2v) is 5.78. The zero-order valence-electron chi connectivity index (χ0n) is 14.1. The number of methoxy groups -OCH3 is 2. The summed E-state index contributed by atoms with van der Waals surface area (Å²) in [5, 5.41) is 1.12. The van der Waals surface area contributed by atoms with E-state index in [1.165, 1.54) is 0 Å². The molecule has 4 nitrogen and oxygen atoms in total. The Kier molecular flexibility index (Phi) is 3.86. The molecular formula is C21H18N2O2. The lowest BCUT2D eigenvalue weighted by atomic mass is 10.0. The third kappa shape index (κ3) is 2.72. The van der Waals surface area contributed by atoms with E-state index in [1.54, 1.807) is 14.2 Å². The number of pyridine rings is 1. The molecule has 0 radical (unpaired) electrons. The van der Waals surface area contributed by atoms with Gasteiger partial charge in [0, 0.05) is 40.7 Å². The highest BCUT2D eigenvalue weighted by Crippen LogP contribution is 2.34. The molecule has 4 aromatic rings. The zero-order valence-corrected chi connectivity index (χ0v) is 14.1. The summed E-state index contributed by atoms with van der Waals surface area (Å²) in [6.45, 7) is 0. The quantitative estimate of drug-likeness (QED) is 0.578. The first-order valence-electron chi connectivity index (χ1n) is 8.04. The number of rotatable bonds is 4. The normalized spacial score (nSPS) is 10.8. The average Bonchev–Trinajstić information content (AvgIpc) is 3.12. The highest BCUT2D eigenvalue weighted by molar-refractivity contribution is 5.98. The van der Waals surface area contributed by atoms with Gasteiger partial charge in [-0.3, -0.25) is 4.98 Å². The van der Waals surface area contributed by atoms with Crippen molar-refractivity contribution in [3.05, 3.63) is 67.1 Å². The van der Waals surface area contributed by atoms with Crippen molar-refractivity contribution >= 4 is 10.9 Å². The van der Waals surface area contributed by atoms with E-state index in [0.717, 1.165) is 44.7 Å². The van der Waals surface area contributed by atoms with Crippen molar-refractivity contribution < 1.29 is 9.47 Å². The number of fused-ring (bicyclic) bond motifs is 1. The van der Waals surface area contributed by atoms with Crippen LogP contribution in [0.5, 0.6) is 11.5 Å². The summed E-state index contributed by atoms with van der Waals surface area (Å²) >= 11 is 0. The summed E-state index contributed by atoms with van der Waals surface area (Å²) in [5.41, 5.74) is 5.34. The van der Waals surface area contributed by atoms with E-state index in [1.807, 2.05) is 55.0 Å². The van der Waals surface area contributed by atoms with Crippen LogP contribution < -0.4 is 9.47 Å². The van der Waals surface area contributed by atoms with Crippen LogP contribution in [0.15, 0.2) is 67.1 Å². The van der Waals surface area contributed by atoms with Gasteiger partial charge in [-0.15, -0.1) is 0 Å². The van der Waals surface area contributed by atoms with Gasteiger partial charge in [-0.25, -0.2) is 0 Å². The maximum atomic E-state index is 5.43. The molecule has 2 aromatic heterocycles. The molecule has 0 aliphatic carbocycles. The van der Waals surface area contributed by atoms with Crippen molar-refractivity contribution in [2.45, 2.75) is 0 Å². The Hall–Kier alpha value is -3.27. The average molecular weight is 330 g/mol. The third-order valence-electron chi connectivity index (χ3n) is 4.37. The molecule has 2 aromatic carbocycles. The number of H-pyrrole nitrogens is 1. The first-order valence-corrected chi connectivity index (χ1v) is 8.04. The Morgan fingerprint density at radius 1 is 0.840 bits per heavy atom. The molecule has 0 unspecified atom stereocenters. The summed E-state index contributed by atoms with van der Waals surface area (Å²) in [7, 11) is 3.35. The van der Waals surface area contributed by atoms with Crippen molar-refractivity contribution in [3.63, 3.8) is 0 Å². The molecule has 0 aliphatic rings. The van der Waals surface area contributed by atoms with Crippen LogP contribution in [0.3, 0.4) is 0 Å². The van der Waals surface area contributed by atoms with E-state index >= 15 is 0 Å². The molecule has 0 bridgehead atoms. The van der Waals surface area contributed by atoms with Gasteiger partial charge in [0.15, 0.2) is 0 Å². The Labute approximate surface area is 146 Å². The van der Waals surface area contributed by atoms with E-state index in [9.17, 15) is 0 Å². The third-order valence-corrected chi connectivity index (χ3v) is 4.37. The van der Waals surface area contributed by atoms with E-state index in [4.69, 9.17) is 9.47 Å². The van der Waals surface area contributed by atoms with E-state index < -0.39 is 0 Å². The highest BCUT2D eigenvalue weighted by atomic mass is 16.5. The fourth-order valence-electron chi connectivity index (χ4n) is 3.06. The minimum absolute atomic E-state index is 0.836. The van der Waals surface area contributed by atoms with Crippen LogP contribution in [-0.2, 0) is 0 Å². The maximum absolute atomic E-state index is 5.43. The summed E-state index contributed by atoms with van der Waals surface area (Å²) in [6, 6.07) is 16.2. The number of nitrogens with one attached hydrogen (secondary N) is 1. The SMILES string of the molecule is COc1ccc(-c2cncc(-c3c[nH]c4c(OC)cccc34)c2)cc1. The lowest BCUT2D eigenvalue weighted by Crippen LogP contribution is -1.86. The molecule has 0 aliphatic heterocycles. The van der Waals surface area contributed by atoms with Crippen LogP contribution >= 0.6 is 0 Å². The predicted molar refractivity (Wildman–Crippen MR) is 100 cm³/mol. The lowest BCUT2D eigenvalue weighted by molar-refractivity contribution is 0.415. The second-order valence-electron chi connectivity index (χ2n) is 5.78. The highest BCUT2D eigenvalue weighted by Gasteiger charge is 2.11. The van der Waals surface area contributed by atoms with Gasteiger partial charge >= 0.3 is 0 Å². The summed E-state index contributed by atoms with van der Waals surface area (Å²) in [6.07, 6.45) is 5.76. The molecule has 4 heteroatoms. The van der Waals surface area contributed by atoms with Gasteiger partial charge in [0.1, 0.15) is 11.5 Å². The van der Waals surface area contributed by atoms with Gasteiger partial charge in [-0.05, 0) is 29.8 Å². The van der Waals surface area contributed by atoms with Gasteiger partial charge in [0.25, 0.3) is 0 Å². The van der Waals surface area contributed by atoms with Crippen molar-refractivity contribution in [2.24, 2.45) is 0 Å². The molecule has 25 heavy (non-hydrogen) atoms. The molecule has 0 saturated carbocycles. The molecule has 0 amide bonds. The van der Waals surface area contributed by atoms with Gasteiger partial charge < -0.3 is 14.5 Å². The number of hydrogen-bond acceptors (Lipinski definition) is 3. The number of aromatic amines is 1. The predicted octanol–water partition coefficient (Wildman–Crippen LogP) is 4.91. The van der Waals surface area contributed by atoms with Gasteiger partial charge in [0.05, 0.1) is 19.7 Å². The number of nitrogens with zero attached hydrogens (tertiary/aromatic N) is 1. The molecule has 124 valence electrons. The van der Waals surface area contributed by atoms with Crippen LogP contribution in [0.4, 0.5) is 0 Å². The molecular weight excluding hydrogens is 312 g/mol.